The molecule has 5 aromatic rings. The van der Waals surface area contributed by atoms with Gasteiger partial charge in [-0.3, -0.25) is 33.6 Å². The van der Waals surface area contributed by atoms with E-state index in [4.69, 9.17) is 18.9 Å². The van der Waals surface area contributed by atoms with E-state index in [2.05, 4.69) is 26.3 Å². The number of ether oxygens (including phenoxy) is 4. The number of aliphatic hydroxyl groups is 1. The van der Waals surface area contributed by atoms with Gasteiger partial charge in [0.2, 0.25) is 35.4 Å². The molecule has 1 saturated heterocycles. The van der Waals surface area contributed by atoms with Crippen molar-refractivity contribution in [3.63, 3.8) is 0 Å². The van der Waals surface area contributed by atoms with E-state index in [1.165, 1.54) is 4.90 Å². The Hall–Kier alpha value is -6.40. The number of likely N-dealkylation sites (N-methyl/N-ethyl adjacent to an activating group) is 1. The fourth-order valence-corrected chi connectivity index (χ4v) is 12.7. The Balaban J connectivity index is 0.640. The number of β-amino-alcohol motifs (C(OH)–C–C–N with tert-alkyl or cyclic N) is 1. The van der Waals surface area contributed by atoms with Crippen LogP contribution in [0.4, 0.5) is 5.69 Å². The third kappa shape index (κ3) is 20.9. The Morgan fingerprint density at radius 3 is 2.11 bits per heavy atom. The van der Waals surface area contributed by atoms with E-state index in [0.29, 0.717) is 84.2 Å². The molecule has 0 spiro atoms. The molecule has 22 heteroatoms. The third-order valence-electron chi connectivity index (χ3n) is 16.0. The van der Waals surface area contributed by atoms with Gasteiger partial charge < -0.3 is 59.7 Å². The number of aromatic nitrogens is 2. The molecule has 5 N–H and O–H groups in total. The van der Waals surface area contributed by atoms with Crippen LogP contribution >= 0.6 is 22.7 Å². The molecule has 2 fully saturated rings. The number of carbonyl (C=O) groups is 7. The Kier molecular flexibility index (Phi) is 26.9. The number of Topliss-reactive ketones (excluding diaryl/α,β-unsaturated/α-hetero) is 1. The molecule has 1 saturated carbocycles. The summed E-state index contributed by atoms with van der Waals surface area (Å²) < 4.78 is 25.2. The number of benzene rings is 2. The van der Waals surface area contributed by atoms with Crippen LogP contribution in [0.3, 0.4) is 0 Å². The first-order valence-electron chi connectivity index (χ1n) is 30.8. The van der Waals surface area contributed by atoms with Crippen molar-refractivity contribution < 1.29 is 57.6 Å². The van der Waals surface area contributed by atoms with Crippen molar-refractivity contribution in [3.05, 3.63) is 94.1 Å². The number of carbonyl (C=O) groups excluding carboxylic acids is 7. The number of fused-ring (bicyclic) bond motifs is 1. The molecule has 87 heavy (non-hydrogen) atoms. The van der Waals surface area contributed by atoms with E-state index in [-0.39, 0.29) is 98.9 Å². The van der Waals surface area contributed by atoms with Crippen molar-refractivity contribution in [2.75, 3.05) is 90.5 Å². The van der Waals surface area contributed by atoms with Gasteiger partial charge in [0.15, 0.2) is 5.78 Å². The highest BCUT2D eigenvalue weighted by Gasteiger charge is 2.43. The fraction of sp³-hybridized carbons (Fsp3) is 0.569. The predicted molar refractivity (Wildman–Crippen MR) is 337 cm³/mol. The maximum Gasteiger partial charge on any atom is 0.246 e. The summed E-state index contributed by atoms with van der Waals surface area (Å²) >= 11 is 3.14. The van der Waals surface area contributed by atoms with Crippen LogP contribution in [0.15, 0.2) is 71.6 Å². The Morgan fingerprint density at radius 2 is 1.45 bits per heavy atom. The Bertz CT molecular complexity index is 3040. The lowest BCUT2D eigenvalue weighted by Gasteiger charge is -2.33. The topological polar surface area (TPSA) is 249 Å². The second-order valence-electron chi connectivity index (χ2n) is 23.7. The molecule has 4 heterocycles. The maximum atomic E-state index is 13.8. The lowest BCUT2D eigenvalue weighted by Crippen LogP contribution is -2.54. The lowest BCUT2D eigenvalue weighted by atomic mass is 9.79. The van der Waals surface area contributed by atoms with Crippen molar-refractivity contribution in [1.82, 2.24) is 35.7 Å². The third-order valence-corrected chi connectivity index (χ3v) is 17.9. The van der Waals surface area contributed by atoms with Gasteiger partial charge in [-0.1, -0.05) is 63.6 Å². The highest BCUT2D eigenvalue weighted by atomic mass is 32.1. The van der Waals surface area contributed by atoms with Gasteiger partial charge in [-0.25, -0.2) is 4.98 Å². The van der Waals surface area contributed by atoms with E-state index in [0.717, 1.165) is 81.7 Å². The molecule has 2 aromatic carbocycles. The number of nitrogens with one attached hydrogen (secondary N) is 4. The summed E-state index contributed by atoms with van der Waals surface area (Å²) in [7, 11) is 0. The van der Waals surface area contributed by atoms with Crippen LogP contribution < -0.4 is 26.2 Å². The molecular weight excluding hydrogens is 1150 g/mol. The Morgan fingerprint density at radius 1 is 0.747 bits per heavy atom. The smallest absolute Gasteiger partial charge is 0.246 e. The monoisotopic (exact) mass is 1240 g/mol. The number of aryl methyl sites for hydroxylation is 2. The van der Waals surface area contributed by atoms with Gasteiger partial charge >= 0.3 is 0 Å². The van der Waals surface area contributed by atoms with Gasteiger partial charge in [0.1, 0.15) is 12.6 Å². The number of thiophene rings is 1. The largest absolute Gasteiger partial charge is 0.390 e. The standard InChI is InChI=1S/C65H90N8O12S2/c1-7-72(50-13-11-12-44(2)36-50)59(78)42-73-52-24-35-86-56(52)38-53(73)54(74)37-46-15-21-49(22-16-46)62(79)67-25-10-8-9-14-57(76)66-26-28-83-30-32-85-34-33-84-31-29-82-27-23-58(77)70-61(65(4,5)6)64(81)71-40-51(55(75)41-71)63(80)68-39-47-17-19-48(20-18-47)60-45(3)69-43-87-60/h11-13,17-20,24,35-36,38,43,46,49,51,55,61,75H,7-10,14-16,21-23,25-34,37,39-42H2,1-6H3,(H,66,76)(H,67,79)(H,68,80)(H,70,77)/t46?,49?,51-,55-,61+/m1/s1. The molecule has 3 aromatic heterocycles. The number of hydrogen-bond donors (Lipinski definition) is 5. The van der Waals surface area contributed by atoms with Gasteiger partial charge in [-0.05, 0) is 117 Å². The number of anilines is 1. The van der Waals surface area contributed by atoms with Crippen molar-refractivity contribution in [2.45, 2.75) is 131 Å². The lowest BCUT2D eigenvalue weighted by molar-refractivity contribution is -0.139. The number of thiazole rings is 1. The van der Waals surface area contributed by atoms with E-state index < -0.39 is 23.5 Å². The zero-order valence-corrected chi connectivity index (χ0v) is 53.2. The van der Waals surface area contributed by atoms with Crippen LogP contribution in [0, 0.1) is 37.0 Å². The first kappa shape index (κ1) is 68.1. The summed E-state index contributed by atoms with van der Waals surface area (Å²) in [5.41, 5.74) is 7.48. The molecule has 6 amide bonds. The minimum absolute atomic E-state index is 0.0142. The Labute approximate surface area is 519 Å². The van der Waals surface area contributed by atoms with Crippen LogP contribution in [0.5, 0.6) is 0 Å². The van der Waals surface area contributed by atoms with E-state index in [9.17, 15) is 38.7 Å². The number of unbranched alkanes of at least 4 members (excludes halogenated alkanes) is 2. The first-order chi connectivity index (χ1) is 41.9. The minimum atomic E-state index is -1.04. The number of rotatable bonds is 35. The molecule has 20 nitrogen and oxygen atoms in total. The minimum Gasteiger partial charge on any atom is -0.390 e. The summed E-state index contributed by atoms with van der Waals surface area (Å²) in [6.07, 6.45) is 5.16. The van der Waals surface area contributed by atoms with Crippen molar-refractivity contribution in [1.29, 1.82) is 0 Å². The average Bonchev–Trinajstić information content (AvgIpc) is 2.19. The molecule has 0 bridgehead atoms. The molecule has 0 unspecified atom stereocenters. The van der Waals surface area contributed by atoms with Crippen LogP contribution in [-0.2, 0) is 60.8 Å². The second-order valence-corrected chi connectivity index (χ2v) is 25.5. The van der Waals surface area contributed by atoms with Crippen molar-refractivity contribution in [3.8, 4) is 10.4 Å². The highest BCUT2D eigenvalue weighted by Crippen LogP contribution is 2.34. The zero-order chi connectivity index (χ0) is 62.3. The number of ketones is 1. The SMILES string of the molecule is CCN(C(=O)Cn1c(C(=O)CC2CCC(C(=O)NCCCCCC(=O)NCCOCCOCCOCCOCCC(=O)N[C@@H](C(=O)N3C[C@@H](O)[C@H](C(=O)NCc4ccc(-c5scnc5C)cc4)C3)C(C)(C)C)CC2)cc2sccc21)c1cccc(C)c1. The molecule has 0 radical (unpaired) electrons. The van der Waals surface area contributed by atoms with Crippen LogP contribution in [0.25, 0.3) is 20.7 Å². The van der Waals surface area contributed by atoms with Crippen LogP contribution in [0.1, 0.15) is 119 Å². The molecule has 3 atom stereocenters. The van der Waals surface area contributed by atoms with Gasteiger partial charge in [0, 0.05) is 70.1 Å². The van der Waals surface area contributed by atoms with Gasteiger partial charge in [0.05, 0.1) is 96.9 Å². The maximum absolute atomic E-state index is 13.8. The molecule has 2 aliphatic rings. The zero-order valence-electron chi connectivity index (χ0n) is 51.5. The summed E-state index contributed by atoms with van der Waals surface area (Å²) in [4.78, 5) is 101. The highest BCUT2D eigenvalue weighted by molar-refractivity contribution is 7.17. The summed E-state index contributed by atoms with van der Waals surface area (Å²) in [5.74, 6) is -1.77. The summed E-state index contributed by atoms with van der Waals surface area (Å²) in [6.45, 7) is 15.8. The van der Waals surface area contributed by atoms with E-state index in [1.54, 1.807) is 27.6 Å². The number of likely N-dealkylation sites (tertiary alicyclic amines) is 1. The molecule has 474 valence electrons. The van der Waals surface area contributed by atoms with Gasteiger partial charge in [-0.2, -0.15) is 0 Å². The summed E-state index contributed by atoms with van der Waals surface area (Å²) in [5, 5.41) is 24.5. The molecule has 7 rings (SSSR count). The van der Waals surface area contributed by atoms with Crippen molar-refractivity contribution in [2.24, 2.45) is 23.2 Å². The first-order valence-corrected chi connectivity index (χ1v) is 32.5. The second kappa shape index (κ2) is 34.4. The normalized spacial score (nSPS) is 17.3. The number of amides is 6. The molecule has 1 aliphatic carbocycles. The van der Waals surface area contributed by atoms with Crippen LogP contribution in [0.2, 0.25) is 0 Å². The van der Waals surface area contributed by atoms with E-state index in [1.807, 2.05) is 118 Å². The average molecular weight is 1240 g/mol. The quantitative estimate of drug-likeness (QED) is 0.0192. The fourth-order valence-electron chi connectivity index (χ4n) is 11.1. The number of nitrogens with zero attached hydrogens (tertiary/aromatic N) is 4. The van der Waals surface area contributed by atoms with Gasteiger partial charge in [0.25, 0.3) is 0 Å². The summed E-state index contributed by atoms with van der Waals surface area (Å²) in [6, 6.07) is 18.8. The van der Waals surface area contributed by atoms with Crippen molar-refractivity contribution >= 4 is 79.8 Å². The number of hydrogen-bond acceptors (Lipinski definition) is 15. The van der Waals surface area contributed by atoms with Gasteiger partial charge in [-0.15, -0.1) is 22.7 Å². The molecular formula is C65H90N8O12S2. The van der Waals surface area contributed by atoms with E-state index >= 15 is 0 Å². The predicted octanol–water partition coefficient (Wildman–Crippen LogP) is 7.79. The molecule has 1 aliphatic heterocycles. The van der Waals surface area contributed by atoms with Crippen LogP contribution in [-0.4, -0.2) is 159 Å². The number of aliphatic hydroxyl groups excluding tert-OH is 1.